The lowest BCUT2D eigenvalue weighted by atomic mass is 9.78. The van der Waals surface area contributed by atoms with Crippen LogP contribution < -0.4 is 5.14 Å². The molecule has 3 nitrogen and oxygen atoms in total. The molecular weight excluding hydrogens is 258 g/mol. The van der Waals surface area contributed by atoms with Crippen LogP contribution in [0.25, 0.3) is 0 Å². The molecule has 0 unspecified atom stereocenters. The van der Waals surface area contributed by atoms with Crippen LogP contribution in [0.1, 0.15) is 25.0 Å². The predicted octanol–water partition coefficient (Wildman–Crippen LogP) is 2.66. The summed E-state index contributed by atoms with van der Waals surface area (Å²) in [6, 6.07) is 16.8. The van der Waals surface area contributed by atoms with Gasteiger partial charge in [0.1, 0.15) is 0 Å². The van der Waals surface area contributed by atoms with Gasteiger partial charge in [-0.1, -0.05) is 56.3 Å². The number of benzene rings is 2. The molecule has 0 aliphatic heterocycles. The first-order valence-corrected chi connectivity index (χ1v) is 7.55. The number of hydrogen-bond acceptors (Lipinski definition) is 2. The molecule has 19 heavy (non-hydrogen) atoms. The minimum Gasteiger partial charge on any atom is -0.225 e. The molecule has 0 radical (unpaired) electrons. The second kappa shape index (κ2) is 4.79. The second-order valence-electron chi connectivity index (χ2n) is 5.06. The third-order valence-corrected chi connectivity index (χ3v) is 4.33. The van der Waals surface area contributed by atoms with Crippen molar-refractivity contribution in [3.05, 3.63) is 65.7 Å². The van der Waals surface area contributed by atoms with Crippen molar-refractivity contribution in [1.82, 2.24) is 0 Å². The monoisotopic (exact) mass is 275 g/mol. The molecule has 0 spiro atoms. The van der Waals surface area contributed by atoms with Gasteiger partial charge in [-0.2, -0.15) is 0 Å². The van der Waals surface area contributed by atoms with Crippen LogP contribution in [-0.4, -0.2) is 8.42 Å². The SMILES string of the molecule is CC(C)(c1ccccc1)c1ccc(S(N)(=O)=O)cc1. The lowest BCUT2D eigenvalue weighted by Crippen LogP contribution is -2.19. The first kappa shape index (κ1) is 13.8. The molecule has 0 atom stereocenters. The fourth-order valence-electron chi connectivity index (χ4n) is 2.08. The smallest absolute Gasteiger partial charge is 0.225 e. The number of sulfonamides is 1. The van der Waals surface area contributed by atoms with Crippen molar-refractivity contribution < 1.29 is 8.42 Å². The van der Waals surface area contributed by atoms with E-state index in [1.165, 1.54) is 5.56 Å². The van der Waals surface area contributed by atoms with E-state index in [2.05, 4.69) is 26.0 Å². The van der Waals surface area contributed by atoms with Crippen LogP contribution in [0, 0.1) is 0 Å². The van der Waals surface area contributed by atoms with Crippen molar-refractivity contribution in [2.45, 2.75) is 24.2 Å². The van der Waals surface area contributed by atoms with E-state index >= 15 is 0 Å². The Morgan fingerprint density at radius 1 is 0.842 bits per heavy atom. The summed E-state index contributed by atoms with van der Waals surface area (Å²) >= 11 is 0. The number of nitrogens with two attached hydrogens (primary N) is 1. The molecule has 2 rings (SSSR count). The molecule has 0 aliphatic carbocycles. The van der Waals surface area contributed by atoms with Gasteiger partial charge in [-0.05, 0) is 23.3 Å². The van der Waals surface area contributed by atoms with Crippen molar-refractivity contribution in [3.8, 4) is 0 Å². The summed E-state index contributed by atoms with van der Waals surface area (Å²) in [5, 5.41) is 5.10. The summed E-state index contributed by atoms with van der Waals surface area (Å²) in [5.41, 5.74) is 2.04. The van der Waals surface area contributed by atoms with Gasteiger partial charge in [0.2, 0.25) is 10.0 Å². The summed E-state index contributed by atoms with van der Waals surface area (Å²) in [4.78, 5) is 0.139. The first-order chi connectivity index (χ1) is 8.82. The molecule has 4 heteroatoms. The van der Waals surface area contributed by atoms with Gasteiger partial charge in [0.15, 0.2) is 0 Å². The van der Waals surface area contributed by atoms with Crippen molar-refractivity contribution in [1.29, 1.82) is 0 Å². The third-order valence-electron chi connectivity index (χ3n) is 3.40. The molecule has 2 aromatic rings. The molecule has 100 valence electrons. The molecule has 0 amide bonds. The minimum atomic E-state index is -3.63. The zero-order valence-electron chi connectivity index (χ0n) is 11.0. The summed E-state index contributed by atoms with van der Waals surface area (Å²) in [7, 11) is -3.63. The lowest BCUT2D eigenvalue weighted by molar-refractivity contribution is 0.597. The summed E-state index contributed by atoms with van der Waals surface area (Å²) in [6.45, 7) is 4.21. The fourth-order valence-corrected chi connectivity index (χ4v) is 2.60. The number of rotatable bonds is 3. The summed E-state index contributed by atoms with van der Waals surface area (Å²) in [5.74, 6) is 0. The maximum absolute atomic E-state index is 11.2. The molecule has 0 saturated heterocycles. The van der Waals surface area contributed by atoms with E-state index < -0.39 is 10.0 Å². The van der Waals surface area contributed by atoms with E-state index in [1.807, 2.05) is 30.3 Å². The van der Waals surface area contributed by atoms with Gasteiger partial charge in [-0.3, -0.25) is 0 Å². The van der Waals surface area contributed by atoms with Crippen LogP contribution in [-0.2, 0) is 15.4 Å². The molecule has 2 N–H and O–H groups in total. The molecule has 0 bridgehead atoms. The van der Waals surface area contributed by atoms with E-state index in [0.717, 1.165) is 5.56 Å². The normalized spacial score (nSPS) is 12.4. The zero-order chi connectivity index (χ0) is 14.1. The van der Waals surface area contributed by atoms with E-state index in [9.17, 15) is 8.42 Å². The van der Waals surface area contributed by atoms with Crippen molar-refractivity contribution in [2.75, 3.05) is 0 Å². The zero-order valence-corrected chi connectivity index (χ0v) is 11.8. The van der Waals surface area contributed by atoms with Gasteiger partial charge in [-0.25, -0.2) is 13.6 Å². The fraction of sp³-hybridized carbons (Fsp3) is 0.200. The molecule has 2 aromatic carbocycles. The van der Waals surface area contributed by atoms with Crippen LogP contribution in [0.5, 0.6) is 0 Å². The van der Waals surface area contributed by atoms with Crippen molar-refractivity contribution in [3.63, 3.8) is 0 Å². The van der Waals surface area contributed by atoms with Gasteiger partial charge in [0, 0.05) is 5.41 Å². The van der Waals surface area contributed by atoms with Crippen LogP contribution in [0.2, 0.25) is 0 Å². The van der Waals surface area contributed by atoms with Gasteiger partial charge in [-0.15, -0.1) is 0 Å². The summed E-state index contributed by atoms with van der Waals surface area (Å²) in [6.07, 6.45) is 0. The van der Waals surface area contributed by atoms with Gasteiger partial charge >= 0.3 is 0 Å². The molecule has 0 fully saturated rings. The average molecular weight is 275 g/mol. The topological polar surface area (TPSA) is 60.2 Å². The van der Waals surface area contributed by atoms with Gasteiger partial charge in [0.05, 0.1) is 4.90 Å². The van der Waals surface area contributed by atoms with Crippen LogP contribution >= 0.6 is 0 Å². The Balaban J connectivity index is 2.43. The molecule has 0 aromatic heterocycles. The Labute approximate surface area is 114 Å². The molecule has 0 saturated carbocycles. The summed E-state index contributed by atoms with van der Waals surface area (Å²) < 4.78 is 22.5. The van der Waals surface area contributed by atoms with Crippen molar-refractivity contribution in [2.24, 2.45) is 5.14 Å². The highest BCUT2D eigenvalue weighted by molar-refractivity contribution is 7.89. The Bertz CT molecular complexity index is 659. The van der Waals surface area contributed by atoms with E-state index in [4.69, 9.17) is 5.14 Å². The largest absolute Gasteiger partial charge is 0.238 e. The second-order valence-corrected chi connectivity index (χ2v) is 6.62. The van der Waals surface area contributed by atoms with Crippen LogP contribution in [0.4, 0.5) is 0 Å². The number of hydrogen-bond donors (Lipinski definition) is 1. The maximum Gasteiger partial charge on any atom is 0.238 e. The van der Waals surface area contributed by atoms with E-state index in [-0.39, 0.29) is 10.3 Å². The maximum atomic E-state index is 11.2. The molecular formula is C15H17NO2S. The van der Waals surface area contributed by atoms with E-state index in [0.29, 0.717) is 0 Å². The number of primary sulfonamides is 1. The lowest BCUT2D eigenvalue weighted by Gasteiger charge is -2.26. The highest BCUT2D eigenvalue weighted by Gasteiger charge is 2.23. The van der Waals surface area contributed by atoms with E-state index in [1.54, 1.807) is 12.1 Å². The third kappa shape index (κ3) is 2.85. The van der Waals surface area contributed by atoms with Crippen LogP contribution in [0.15, 0.2) is 59.5 Å². The Kier molecular flexibility index (Phi) is 3.47. The minimum absolute atomic E-state index is 0.139. The highest BCUT2D eigenvalue weighted by atomic mass is 32.2. The predicted molar refractivity (Wildman–Crippen MR) is 76.4 cm³/mol. The molecule has 0 aliphatic rings. The molecule has 0 heterocycles. The first-order valence-electron chi connectivity index (χ1n) is 6.01. The van der Waals surface area contributed by atoms with Crippen LogP contribution in [0.3, 0.4) is 0 Å². The van der Waals surface area contributed by atoms with Gasteiger partial charge < -0.3 is 0 Å². The standard InChI is InChI=1S/C15H17NO2S/c1-15(2,12-6-4-3-5-7-12)13-8-10-14(11-9-13)19(16,17)18/h3-11H,1-2H3,(H2,16,17,18). The van der Waals surface area contributed by atoms with Gasteiger partial charge in [0.25, 0.3) is 0 Å². The highest BCUT2D eigenvalue weighted by Crippen LogP contribution is 2.31. The Hall–Kier alpha value is -1.65. The van der Waals surface area contributed by atoms with Crippen molar-refractivity contribution >= 4 is 10.0 Å². The average Bonchev–Trinajstić information content (AvgIpc) is 2.39. The Morgan fingerprint density at radius 2 is 1.32 bits per heavy atom. The quantitative estimate of drug-likeness (QED) is 0.936. The Morgan fingerprint density at radius 3 is 1.79 bits per heavy atom.